The SMILES string of the molecule is CC1(O)CCN(C(CCCCNS(C)(=O)=O)C(N)=O)C1=O. The Kier molecular flexibility index (Phi) is 5.71. The molecule has 2 atom stereocenters. The molecule has 0 aromatic carbocycles. The lowest BCUT2D eigenvalue weighted by Gasteiger charge is -2.26. The van der Waals surface area contributed by atoms with Crippen molar-refractivity contribution in [2.45, 2.75) is 44.2 Å². The predicted octanol–water partition coefficient (Wildman–Crippen LogP) is -1.46. The number of unbranched alkanes of at least 4 members (excludes halogenated alkanes) is 1. The lowest BCUT2D eigenvalue weighted by atomic mass is 10.1. The highest BCUT2D eigenvalue weighted by Gasteiger charge is 2.44. The van der Waals surface area contributed by atoms with Crippen molar-refractivity contribution in [3.05, 3.63) is 0 Å². The van der Waals surface area contributed by atoms with E-state index in [9.17, 15) is 23.1 Å². The molecule has 8 nitrogen and oxygen atoms in total. The minimum atomic E-state index is -3.22. The van der Waals surface area contributed by atoms with Gasteiger partial charge in [-0.2, -0.15) is 0 Å². The number of amides is 2. The van der Waals surface area contributed by atoms with E-state index in [1.165, 1.54) is 11.8 Å². The smallest absolute Gasteiger partial charge is 0.254 e. The number of carbonyl (C=O) groups is 2. The van der Waals surface area contributed by atoms with E-state index in [4.69, 9.17) is 5.73 Å². The van der Waals surface area contributed by atoms with Gasteiger partial charge in [-0.3, -0.25) is 9.59 Å². The Morgan fingerprint density at radius 3 is 2.57 bits per heavy atom. The molecule has 0 radical (unpaired) electrons. The van der Waals surface area contributed by atoms with E-state index in [1.807, 2.05) is 0 Å². The summed E-state index contributed by atoms with van der Waals surface area (Å²) in [6.07, 6.45) is 2.77. The average Bonchev–Trinajstić information content (AvgIpc) is 2.58. The number of sulfonamides is 1. The van der Waals surface area contributed by atoms with Crippen molar-refractivity contribution in [1.29, 1.82) is 0 Å². The second-order valence-electron chi connectivity index (χ2n) is 5.60. The molecule has 1 heterocycles. The predicted molar refractivity (Wildman–Crippen MR) is 76.6 cm³/mol. The van der Waals surface area contributed by atoms with Gasteiger partial charge in [0.1, 0.15) is 11.6 Å². The van der Waals surface area contributed by atoms with E-state index in [-0.39, 0.29) is 13.0 Å². The number of rotatable bonds is 8. The van der Waals surface area contributed by atoms with Gasteiger partial charge in [-0.15, -0.1) is 0 Å². The molecular formula is C12H23N3O5S. The molecule has 1 saturated heterocycles. The standard InChI is InChI=1S/C12H23N3O5S/c1-12(18)6-8-15(11(12)17)9(10(13)16)5-3-4-7-14-21(2,19)20/h9,14,18H,3-8H2,1-2H3,(H2,13,16). The molecule has 1 rings (SSSR count). The normalized spacial score (nSPS) is 24.3. The van der Waals surface area contributed by atoms with Crippen molar-refractivity contribution < 1.29 is 23.1 Å². The molecule has 0 aromatic heterocycles. The van der Waals surface area contributed by atoms with Crippen LogP contribution in [0.3, 0.4) is 0 Å². The number of aliphatic hydroxyl groups is 1. The summed E-state index contributed by atoms with van der Waals surface area (Å²) < 4.78 is 24.1. The third-order valence-corrected chi connectivity index (χ3v) is 4.26. The van der Waals surface area contributed by atoms with E-state index in [0.29, 0.717) is 25.8 Å². The molecule has 0 spiro atoms. The minimum Gasteiger partial charge on any atom is -0.380 e. The van der Waals surface area contributed by atoms with Gasteiger partial charge in [0.25, 0.3) is 5.91 Å². The maximum Gasteiger partial charge on any atom is 0.254 e. The topological polar surface area (TPSA) is 130 Å². The molecule has 9 heteroatoms. The Labute approximate surface area is 124 Å². The first-order chi connectivity index (χ1) is 9.54. The van der Waals surface area contributed by atoms with Crippen LogP contribution in [-0.2, 0) is 19.6 Å². The maximum absolute atomic E-state index is 12.0. The first-order valence-corrected chi connectivity index (χ1v) is 8.71. The summed E-state index contributed by atoms with van der Waals surface area (Å²) in [6, 6.07) is -0.760. The van der Waals surface area contributed by atoms with Crippen LogP contribution >= 0.6 is 0 Å². The summed E-state index contributed by atoms with van der Waals surface area (Å²) in [7, 11) is -3.22. The molecule has 2 unspecified atom stereocenters. The van der Waals surface area contributed by atoms with Gasteiger partial charge in [0, 0.05) is 19.5 Å². The number of nitrogens with one attached hydrogen (secondary N) is 1. The largest absolute Gasteiger partial charge is 0.380 e. The Balaban J connectivity index is 2.49. The molecule has 0 bridgehead atoms. The molecule has 1 aliphatic rings. The fourth-order valence-corrected chi connectivity index (χ4v) is 2.84. The Hall–Kier alpha value is -1.19. The summed E-state index contributed by atoms with van der Waals surface area (Å²) in [4.78, 5) is 24.8. The summed E-state index contributed by atoms with van der Waals surface area (Å²) >= 11 is 0. The molecule has 1 fully saturated rings. The molecular weight excluding hydrogens is 298 g/mol. The maximum atomic E-state index is 12.0. The third-order valence-electron chi connectivity index (χ3n) is 3.53. The van der Waals surface area contributed by atoms with Gasteiger partial charge in [0.2, 0.25) is 15.9 Å². The second kappa shape index (κ2) is 6.71. The first kappa shape index (κ1) is 17.9. The molecule has 21 heavy (non-hydrogen) atoms. The van der Waals surface area contributed by atoms with Gasteiger partial charge in [-0.25, -0.2) is 13.1 Å². The van der Waals surface area contributed by atoms with E-state index in [0.717, 1.165) is 6.26 Å². The highest BCUT2D eigenvalue weighted by molar-refractivity contribution is 7.88. The van der Waals surface area contributed by atoms with Crippen LogP contribution in [0, 0.1) is 0 Å². The van der Waals surface area contributed by atoms with Gasteiger partial charge in [-0.05, 0) is 26.2 Å². The van der Waals surface area contributed by atoms with Crippen LogP contribution < -0.4 is 10.5 Å². The van der Waals surface area contributed by atoms with Crippen molar-refractivity contribution in [2.24, 2.45) is 5.73 Å². The fourth-order valence-electron chi connectivity index (χ4n) is 2.33. The zero-order valence-electron chi connectivity index (χ0n) is 12.3. The molecule has 4 N–H and O–H groups in total. The summed E-state index contributed by atoms with van der Waals surface area (Å²) in [5, 5.41) is 9.84. The number of primary amides is 1. The number of hydrogen-bond donors (Lipinski definition) is 3. The average molecular weight is 321 g/mol. The highest BCUT2D eigenvalue weighted by atomic mass is 32.2. The van der Waals surface area contributed by atoms with Gasteiger partial charge in [0.05, 0.1) is 6.26 Å². The van der Waals surface area contributed by atoms with Crippen molar-refractivity contribution in [3.63, 3.8) is 0 Å². The highest BCUT2D eigenvalue weighted by Crippen LogP contribution is 2.25. The molecule has 0 aromatic rings. The van der Waals surface area contributed by atoms with Gasteiger partial charge in [-0.1, -0.05) is 0 Å². The van der Waals surface area contributed by atoms with Crippen LogP contribution in [0.25, 0.3) is 0 Å². The van der Waals surface area contributed by atoms with Gasteiger partial charge in [0.15, 0.2) is 0 Å². The fraction of sp³-hybridized carbons (Fsp3) is 0.833. The van der Waals surface area contributed by atoms with Crippen LogP contribution in [0.5, 0.6) is 0 Å². The third kappa shape index (κ3) is 5.25. The molecule has 0 aliphatic carbocycles. The summed E-state index contributed by atoms with van der Waals surface area (Å²) in [6.45, 7) is 1.99. The zero-order valence-corrected chi connectivity index (χ0v) is 13.1. The molecule has 122 valence electrons. The first-order valence-electron chi connectivity index (χ1n) is 6.82. The van der Waals surface area contributed by atoms with E-state index in [2.05, 4.69) is 4.72 Å². The number of carbonyl (C=O) groups excluding carboxylic acids is 2. The van der Waals surface area contributed by atoms with Crippen molar-refractivity contribution in [2.75, 3.05) is 19.3 Å². The number of hydrogen-bond acceptors (Lipinski definition) is 5. The van der Waals surface area contributed by atoms with Crippen LogP contribution in [0.15, 0.2) is 0 Å². The van der Waals surface area contributed by atoms with Crippen LogP contribution in [0.1, 0.15) is 32.6 Å². The summed E-state index contributed by atoms with van der Waals surface area (Å²) in [5.41, 5.74) is 3.89. The van der Waals surface area contributed by atoms with Crippen molar-refractivity contribution in [3.8, 4) is 0 Å². The van der Waals surface area contributed by atoms with E-state index < -0.39 is 33.5 Å². The molecule has 1 aliphatic heterocycles. The van der Waals surface area contributed by atoms with Crippen LogP contribution in [0.4, 0.5) is 0 Å². The Bertz CT molecular complexity index is 503. The van der Waals surface area contributed by atoms with E-state index in [1.54, 1.807) is 0 Å². The van der Waals surface area contributed by atoms with E-state index >= 15 is 0 Å². The minimum absolute atomic E-state index is 0.269. The second-order valence-corrected chi connectivity index (χ2v) is 7.44. The number of nitrogens with two attached hydrogens (primary N) is 1. The van der Waals surface area contributed by atoms with Crippen molar-refractivity contribution in [1.82, 2.24) is 9.62 Å². The summed E-state index contributed by atoms with van der Waals surface area (Å²) in [5.74, 6) is -1.10. The van der Waals surface area contributed by atoms with Crippen LogP contribution in [0.2, 0.25) is 0 Å². The van der Waals surface area contributed by atoms with Gasteiger partial charge < -0.3 is 15.7 Å². The lowest BCUT2D eigenvalue weighted by Crippen LogP contribution is -2.48. The van der Waals surface area contributed by atoms with Gasteiger partial charge >= 0.3 is 0 Å². The lowest BCUT2D eigenvalue weighted by molar-refractivity contribution is -0.146. The molecule has 0 saturated carbocycles. The number of nitrogens with zero attached hydrogens (tertiary/aromatic N) is 1. The van der Waals surface area contributed by atoms with Crippen LogP contribution in [-0.4, -0.2) is 61.2 Å². The zero-order chi connectivity index (χ0) is 16.3. The monoisotopic (exact) mass is 321 g/mol. The molecule has 2 amide bonds. The van der Waals surface area contributed by atoms with Crippen molar-refractivity contribution >= 4 is 21.8 Å². The quantitative estimate of drug-likeness (QED) is 0.471. The Morgan fingerprint density at radius 1 is 1.52 bits per heavy atom. The number of likely N-dealkylation sites (tertiary alicyclic amines) is 1. The Morgan fingerprint density at radius 2 is 2.14 bits per heavy atom.